The largest absolute Gasteiger partial charge is 0.393 e. The zero-order chi connectivity index (χ0) is 20.2. The third kappa shape index (κ3) is 9.85. The lowest BCUT2D eigenvalue weighted by Crippen LogP contribution is -2.08. The van der Waals surface area contributed by atoms with Crippen molar-refractivity contribution in [2.75, 3.05) is 14.1 Å². The summed E-state index contributed by atoms with van der Waals surface area (Å²) in [6.45, 7) is 8.07. The van der Waals surface area contributed by atoms with Crippen LogP contribution in [0, 0.1) is 0 Å². The van der Waals surface area contributed by atoms with Gasteiger partial charge in [-0.25, -0.2) is 4.99 Å². The second-order valence-electron chi connectivity index (χ2n) is 6.64. The third-order valence-corrected chi connectivity index (χ3v) is 5.12. The van der Waals surface area contributed by atoms with E-state index in [2.05, 4.69) is 24.8 Å². The number of aliphatic hydroxyl groups excluding tert-OH is 1. The minimum absolute atomic E-state index is 0.352. The second-order valence-corrected chi connectivity index (χ2v) is 8.30. The monoisotopic (exact) mass is 406 g/mol. The number of rotatable bonds is 10. The summed E-state index contributed by atoms with van der Waals surface area (Å²) in [5.41, 5.74) is 1.84. The molecule has 0 fully saturated rings. The Labute approximate surface area is 173 Å². The van der Waals surface area contributed by atoms with Gasteiger partial charge in [-0.1, -0.05) is 54.2 Å². The normalized spacial score (nSPS) is 16.8. The molecule has 0 radical (unpaired) electrons. The number of aliphatic hydroxyl groups is 1. The Morgan fingerprint density at radius 2 is 2.19 bits per heavy atom. The summed E-state index contributed by atoms with van der Waals surface area (Å²) in [7, 11) is 3.90. The Bertz CT molecular complexity index is 682. The standard InChI is InChI=1S/C22H31ClN2OS/c1-6-7-11-21(27-20-10-8-9-19(23)14-15-20)22(24-16-25(4)5)17(2)12-13-18(3)26/h6-9,14-16,18,26H,2,10-13H2,1,3-5H3/b7-6+,22-21+,24-16?. The predicted molar refractivity (Wildman–Crippen MR) is 122 cm³/mol. The van der Waals surface area contributed by atoms with Gasteiger partial charge >= 0.3 is 0 Å². The van der Waals surface area contributed by atoms with E-state index < -0.39 is 0 Å². The van der Waals surface area contributed by atoms with Crippen LogP contribution >= 0.6 is 23.4 Å². The third-order valence-electron chi connectivity index (χ3n) is 3.70. The second kappa shape index (κ2) is 12.8. The molecule has 0 aliphatic heterocycles. The van der Waals surface area contributed by atoms with Crippen molar-refractivity contribution in [3.05, 3.63) is 69.1 Å². The van der Waals surface area contributed by atoms with Crippen LogP contribution < -0.4 is 0 Å². The molecule has 0 amide bonds. The van der Waals surface area contributed by atoms with Gasteiger partial charge in [0.1, 0.15) is 0 Å². The van der Waals surface area contributed by atoms with Crippen LogP contribution in [-0.4, -0.2) is 36.5 Å². The summed E-state index contributed by atoms with van der Waals surface area (Å²) in [5.74, 6) is 0. The average molecular weight is 407 g/mol. The molecular formula is C22H31ClN2OS. The molecule has 1 aliphatic carbocycles. The van der Waals surface area contributed by atoms with E-state index in [4.69, 9.17) is 16.6 Å². The lowest BCUT2D eigenvalue weighted by atomic mass is 10.1. The fourth-order valence-electron chi connectivity index (χ4n) is 2.26. The maximum atomic E-state index is 9.64. The Morgan fingerprint density at radius 1 is 1.44 bits per heavy atom. The number of aliphatic imine (C=N–C) groups is 1. The van der Waals surface area contributed by atoms with E-state index in [-0.39, 0.29) is 6.10 Å². The maximum absolute atomic E-state index is 9.64. The van der Waals surface area contributed by atoms with Crippen molar-refractivity contribution < 1.29 is 5.11 Å². The lowest BCUT2D eigenvalue weighted by molar-refractivity contribution is 0.185. The highest BCUT2D eigenvalue weighted by atomic mass is 35.5. The average Bonchev–Trinajstić information content (AvgIpc) is 2.81. The summed E-state index contributed by atoms with van der Waals surface area (Å²) >= 11 is 7.83. The first-order chi connectivity index (χ1) is 12.8. The van der Waals surface area contributed by atoms with Gasteiger partial charge in [0.05, 0.1) is 18.1 Å². The van der Waals surface area contributed by atoms with E-state index in [1.165, 1.54) is 4.91 Å². The molecule has 0 saturated carbocycles. The fraction of sp³-hybridized carbons (Fsp3) is 0.409. The van der Waals surface area contributed by atoms with Crippen molar-refractivity contribution >= 4 is 29.7 Å². The predicted octanol–water partition coefficient (Wildman–Crippen LogP) is 6.17. The first kappa shape index (κ1) is 23.5. The van der Waals surface area contributed by atoms with Crippen LogP contribution in [-0.2, 0) is 0 Å². The van der Waals surface area contributed by atoms with Crippen LogP contribution in [0.1, 0.15) is 39.5 Å². The minimum atomic E-state index is -0.352. The molecule has 1 unspecified atom stereocenters. The number of hydrogen-bond acceptors (Lipinski definition) is 3. The van der Waals surface area contributed by atoms with Gasteiger partial charge in [0.25, 0.3) is 0 Å². The number of nitrogens with zero attached hydrogens (tertiary/aromatic N) is 2. The van der Waals surface area contributed by atoms with Gasteiger partial charge in [-0.05, 0) is 62.2 Å². The van der Waals surface area contributed by atoms with Gasteiger partial charge in [-0.15, -0.1) is 0 Å². The van der Waals surface area contributed by atoms with Gasteiger partial charge in [-0.3, -0.25) is 0 Å². The molecule has 0 aromatic heterocycles. The van der Waals surface area contributed by atoms with Crippen molar-refractivity contribution in [1.29, 1.82) is 0 Å². The molecule has 3 nitrogen and oxygen atoms in total. The summed E-state index contributed by atoms with van der Waals surface area (Å²) in [4.78, 5) is 8.99. The van der Waals surface area contributed by atoms with Crippen molar-refractivity contribution in [1.82, 2.24) is 4.90 Å². The first-order valence-corrected chi connectivity index (χ1v) is 10.3. The van der Waals surface area contributed by atoms with Gasteiger partial charge in [-0.2, -0.15) is 0 Å². The van der Waals surface area contributed by atoms with Crippen LogP contribution in [0.4, 0.5) is 0 Å². The highest BCUT2D eigenvalue weighted by molar-refractivity contribution is 8.06. The zero-order valence-electron chi connectivity index (χ0n) is 16.8. The molecule has 1 rings (SSSR count). The molecule has 1 N–H and O–H groups in total. The Morgan fingerprint density at radius 3 is 2.81 bits per heavy atom. The van der Waals surface area contributed by atoms with Crippen molar-refractivity contribution in [2.45, 2.75) is 45.6 Å². The van der Waals surface area contributed by atoms with Crippen LogP contribution in [0.15, 0.2) is 74.1 Å². The van der Waals surface area contributed by atoms with Gasteiger partial charge < -0.3 is 10.0 Å². The fourth-order valence-corrected chi connectivity index (χ4v) is 3.52. The molecule has 0 spiro atoms. The molecule has 1 atom stereocenters. The molecule has 0 aromatic rings. The Balaban J connectivity index is 3.24. The van der Waals surface area contributed by atoms with E-state index in [1.807, 2.05) is 44.1 Å². The number of halogens is 1. The van der Waals surface area contributed by atoms with Crippen LogP contribution in [0.5, 0.6) is 0 Å². The van der Waals surface area contributed by atoms with Gasteiger partial charge in [0, 0.05) is 24.0 Å². The van der Waals surface area contributed by atoms with E-state index in [1.54, 1.807) is 25.0 Å². The molecule has 148 valence electrons. The van der Waals surface area contributed by atoms with E-state index in [0.717, 1.165) is 34.0 Å². The lowest BCUT2D eigenvalue weighted by Gasteiger charge is -2.16. The number of allylic oxidation sites excluding steroid dienone is 10. The molecule has 0 heterocycles. The maximum Gasteiger partial charge on any atom is 0.0907 e. The topological polar surface area (TPSA) is 35.8 Å². The molecule has 1 aliphatic rings. The quantitative estimate of drug-likeness (QED) is 0.204. The van der Waals surface area contributed by atoms with Gasteiger partial charge in [0.15, 0.2) is 0 Å². The summed E-state index contributed by atoms with van der Waals surface area (Å²) in [6.07, 6.45) is 16.6. The summed E-state index contributed by atoms with van der Waals surface area (Å²) in [5, 5.41) is 10.4. The molecule has 0 aromatic carbocycles. The minimum Gasteiger partial charge on any atom is -0.393 e. The molecule has 0 saturated heterocycles. The van der Waals surface area contributed by atoms with E-state index in [9.17, 15) is 5.11 Å². The zero-order valence-corrected chi connectivity index (χ0v) is 18.4. The van der Waals surface area contributed by atoms with Crippen molar-refractivity contribution in [3.63, 3.8) is 0 Å². The first-order valence-electron chi connectivity index (χ1n) is 9.15. The Kier molecular flexibility index (Phi) is 11.2. The molecule has 27 heavy (non-hydrogen) atoms. The van der Waals surface area contributed by atoms with Crippen LogP contribution in [0.3, 0.4) is 0 Å². The highest BCUT2D eigenvalue weighted by Gasteiger charge is 2.13. The van der Waals surface area contributed by atoms with Crippen molar-refractivity contribution in [2.24, 2.45) is 4.99 Å². The summed E-state index contributed by atoms with van der Waals surface area (Å²) in [6, 6.07) is 0. The molecule has 0 bridgehead atoms. The van der Waals surface area contributed by atoms with E-state index >= 15 is 0 Å². The molecular weight excluding hydrogens is 376 g/mol. The number of thioether (sulfide) groups is 1. The Hall–Kier alpha value is -1.49. The highest BCUT2D eigenvalue weighted by Crippen LogP contribution is 2.37. The smallest absolute Gasteiger partial charge is 0.0907 e. The van der Waals surface area contributed by atoms with E-state index in [0.29, 0.717) is 12.8 Å². The molecule has 5 heteroatoms. The SMILES string of the molecule is C=C(CCC(C)O)/C(N=CN(C)C)=C(/C/C=C/C)SC1=CC=C(Cl)C=CC1. The van der Waals surface area contributed by atoms with Gasteiger partial charge in [0.2, 0.25) is 0 Å². The van der Waals surface area contributed by atoms with Crippen LogP contribution in [0.25, 0.3) is 0 Å². The summed E-state index contributed by atoms with van der Waals surface area (Å²) < 4.78 is 0. The number of hydrogen-bond donors (Lipinski definition) is 1. The van der Waals surface area contributed by atoms with Crippen molar-refractivity contribution in [3.8, 4) is 0 Å². The van der Waals surface area contributed by atoms with Crippen LogP contribution in [0.2, 0.25) is 0 Å².